The van der Waals surface area contributed by atoms with E-state index in [4.69, 9.17) is 11.6 Å². The number of benzene rings is 1. The van der Waals surface area contributed by atoms with E-state index >= 15 is 0 Å². The molecule has 0 N–H and O–H groups in total. The number of aryl methyl sites for hydroxylation is 2. The highest BCUT2D eigenvalue weighted by atomic mass is 35.5. The second kappa shape index (κ2) is 5.98. The van der Waals surface area contributed by atoms with Gasteiger partial charge in [-0.2, -0.15) is 0 Å². The van der Waals surface area contributed by atoms with Gasteiger partial charge in [0, 0.05) is 17.5 Å². The first-order chi connectivity index (χ1) is 9.10. The predicted octanol–water partition coefficient (Wildman–Crippen LogP) is 4.03. The Morgan fingerprint density at radius 2 is 2.05 bits per heavy atom. The fourth-order valence-corrected chi connectivity index (χ4v) is 2.22. The molecule has 0 aliphatic carbocycles. The van der Waals surface area contributed by atoms with Gasteiger partial charge in [0.25, 0.3) is 0 Å². The molecule has 0 atom stereocenters. The fourth-order valence-electron chi connectivity index (χ4n) is 1.87. The zero-order valence-corrected chi connectivity index (χ0v) is 11.9. The molecule has 1 heterocycles. The van der Waals surface area contributed by atoms with Gasteiger partial charge in [0.1, 0.15) is 0 Å². The molecule has 2 rings (SSSR count). The molecular weight excluding hydrogens is 258 g/mol. The van der Waals surface area contributed by atoms with Gasteiger partial charge in [-0.3, -0.25) is 9.78 Å². The molecule has 2 aromatic rings. The van der Waals surface area contributed by atoms with E-state index in [1.807, 2.05) is 37.4 Å². The van der Waals surface area contributed by atoms with Crippen molar-refractivity contribution in [2.45, 2.75) is 26.7 Å². The summed E-state index contributed by atoms with van der Waals surface area (Å²) in [7, 11) is 0. The molecule has 0 radical (unpaired) electrons. The number of hydrogen-bond acceptors (Lipinski definition) is 2. The van der Waals surface area contributed by atoms with E-state index < -0.39 is 0 Å². The van der Waals surface area contributed by atoms with Crippen LogP contribution < -0.4 is 0 Å². The lowest BCUT2D eigenvalue weighted by Crippen LogP contribution is -2.06. The first-order valence-electron chi connectivity index (χ1n) is 6.33. The highest BCUT2D eigenvalue weighted by Crippen LogP contribution is 2.19. The van der Waals surface area contributed by atoms with Crippen LogP contribution >= 0.6 is 11.6 Å². The predicted molar refractivity (Wildman–Crippen MR) is 77.8 cm³/mol. The van der Waals surface area contributed by atoms with Crippen molar-refractivity contribution in [3.63, 3.8) is 0 Å². The highest BCUT2D eigenvalue weighted by Gasteiger charge is 2.11. The van der Waals surface area contributed by atoms with Crippen LogP contribution in [0.5, 0.6) is 0 Å². The number of halogens is 1. The molecule has 0 amide bonds. The van der Waals surface area contributed by atoms with Gasteiger partial charge in [-0.05, 0) is 42.7 Å². The van der Waals surface area contributed by atoms with Crippen LogP contribution in [0.2, 0.25) is 5.02 Å². The van der Waals surface area contributed by atoms with Gasteiger partial charge in [-0.1, -0.05) is 30.7 Å². The first kappa shape index (κ1) is 13.8. The number of hydrogen-bond donors (Lipinski definition) is 0. The van der Waals surface area contributed by atoms with Crippen LogP contribution in [0.1, 0.15) is 34.1 Å². The molecule has 1 aromatic heterocycles. The van der Waals surface area contributed by atoms with Crippen LogP contribution in [0.4, 0.5) is 0 Å². The minimum absolute atomic E-state index is 0.00162. The summed E-state index contributed by atoms with van der Waals surface area (Å²) in [5.41, 5.74) is 3.56. The van der Waals surface area contributed by atoms with Crippen molar-refractivity contribution in [2.75, 3.05) is 0 Å². The van der Waals surface area contributed by atoms with Gasteiger partial charge in [0.05, 0.1) is 11.4 Å². The highest BCUT2D eigenvalue weighted by molar-refractivity contribution is 6.34. The molecular formula is C16H16ClNO. The Labute approximate surface area is 118 Å². The minimum Gasteiger partial charge on any atom is -0.294 e. The van der Waals surface area contributed by atoms with Crippen LogP contribution in [0.15, 0.2) is 36.5 Å². The largest absolute Gasteiger partial charge is 0.294 e. The molecule has 0 aliphatic rings. The number of Topliss-reactive ketones (excluding diaryl/α,β-unsaturated/α-hetero) is 1. The van der Waals surface area contributed by atoms with Crippen LogP contribution in [0.25, 0.3) is 0 Å². The maximum absolute atomic E-state index is 12.2. The van der Waals surface area contributed by atoms with Crippen LogP contribution in [-0.2, 0) is 12.8 Å². The van der Waals surface area contributed by atoms with Gasteiger partial charge in [0.15, 0.2) is 5.78 Å². The van der Waals surface area contributed by atoms with Crippen molar-refractivity contribution in [3.05, 3.63) is 63.9 Å². The minimum atomic E-state index is 0.00162. The number of rotatable bonds is 4. The average Bonchev–Trinajstić information content (AvgIpc) is 2.39. The average molecular weight is 274 g/mol. The molecule has 0 unspecified atom stereocenters. The van der Waals surface area contributed by atoms with Crippen molar-refractivity contribution in [2.24, 2.45) is 0 Å². The topological polar surface area (TPSA) is 30.0 Å². The summed E-state index contributed by atoms with van der Waals surface area (Å²) < 4.78 is 0. The zero-order valence-electron chi connectivity index (χ0n) is 11.1. The number of nitrogens with zero attached hydrogens (tertiary/aromatic N) is 1. The lowest BCUT2D eigenvalue weighted by molar-refractivity contribution is 0.0992. The van der Waals surface area contributed by atoms with Gasteiger partial charge in [0.2, 0.25) is 0 Å². The van der Waals surface area contributed by atoms with E-state index in [-0.39, 0.29) is 12.2 Å². The fraction of sp³-hybridized carbons (Fsp3) is 0.250. The Morgan fingerprint density at radius 3 is 2.63 bits per heavy atom. The van der Waals surface area contributed by atoms with Crippen LogP contribution in [-0.4, -0.2) is 10.8 Å². The van der Waals surface area contributed by atoms with Gasteiger partial charge < -0.3 is 0 Å². The normalized spacial score (nSPS) is 10.5. The second-order valence-corrected chi connectivity index (χ2v) is 5.00. The monoisotopic (exact) mass is 273 g/mol. The molecule has 0 saturated heterocycles. The van der Waals surface area contributed by atoms with Crippen molar-refractivity contribution in [1.82, 2.24) is 4.98 Å². The summed E-state index contributed by atoms with van der Waals surface area (Å²) in [4.78, 5) is 16.5. The molecule has 2 nitrogen and oxygen atoms in total. The van der Waals surface area contributed by atoms with E-state index in [9.17, 15) is 4.79 Å². The van der Waals surface area contributed by atoms with Gasteiger partial charge in [-0.15, -0.1) is 0 Å². The maximum Gasteiger partial charge on any atom is 0.170 e. The molecule has 19 heavy (non-hydrogen) atoms. The van der Waals surface area contributed by atoms with Crippen molar-refractivity contribution in [3.8, 4) is 0 Å². The Bertz CT molecular complexity index is 590. The summed E-state index contributed by atoms with van der Waals surface area (Å²) in [5, 5.41) is 0.509. The molecule has 0 saturated carbocycles. The third-order valence-corrected chi connectivity index (χ3v) is 3.37. The lowest BCUT2D eigenvalue weighted by Gasteiger charge is -2.05. The third kappa shape index (κ3) is 3.42. The Kier molecular flexibility index (Phi) is 4.33. The summed E-state index contributed by atoms with van der Waals surface area (Å²) in [6, 6.07) is 9.39. The van der Waals surface area contributed by atoms with Crippen LogP contribution in [0, 0.1) is 6.92 Å². The number of ketones is 1. The quantitative estimate of drug-likeness (QED) is 0.787. The van der Waals surface area contributed by atoms with Crippen molar-refractivity contribution >= 4 is 17.4 Å². The smallest absolute Gasteiger partial charge is 0.170 e. The van der Waals surface area contributed by atoms with E-state index in [0.717, 1.165) is 17.7 Å². The van der Waals surface area contributed by atoms with Crippen molar-refractivity contribution in [1.29, 1.82) is 0 Å². The van der Waals surface area contributed by atoms with E-state index in [2.05, 4.69) is 11.9 Å². The zero-order chi connectivity index (χ0) is 13.8. The molecule has 3 heteroatoms. The van der Waals surface area contributed by atoms with E-state index in [1.54, 1.807) is 6.07 Å². The Hall–Kier alpha value is -1.67. The summed E-state index contributed by atoms with van der Waals surface area (Å²) >= 11 is 6.10. The molecule has 0 bridgehead atoms. The number of pyridine rings is 1. The SMILES string of the molecule is CCc1ccc(CC(=O)c2ccc(C)cc2Cl)nc1. The van der Waals surface area contributed by atoms with Gasteiger partial charge >= 0.3 is 0 Å². The molecule has 98 valence electrons. The number of aromatic nitrogens is 1. The van der Waals surface area contributed by atoms with Crippen molar-refractivity contribution < 1.29 is 4.79 Å². The van der Waals surface area contributed by atoms with Gasteiger partial charge in [-0.25, -0.2) is 0 Å². The third-order valence-electron chi connectivity index (χ3n) is 3.06. The Morgan fingerprint density at radius 1 is 1.26 bits per heavy atom. The maximum atomic E-state index is 12.2. The lowest BCUT2D eigenvalue weighted by atomic mass is 10.0. The Balaban J connectivity index is 2.15. The summed E-state index contributed by atoms with van der Waals surface area (Å²) in [6.07, 6.45) is 3.05. The van der Waals surface area contributed by atoms with E-state index in [0.29, 0.717) is 10.6 Å². The standard InChI is InChI=1S/C16H16ClNO/c1-3-12-5-6-13(18-10-12)9-16(19)14-7-4-11(2)8-15(14)17/h4-8,10H,3,9H2,1-2H3. The first-order valence-corrected chi connectivity index (χ1v) is 6.71. The molecule has 0 fully saturated rings. The second-order valence-electron chi connectivity index (χ2n) is 4.59. The van der Waals surface area contributed by atoms with E-state index in [1.165, 1.54) is 5.56 Å². The molecule has 0 aliphatic heterocycles. The molecule has 1 aromatic carbocycles. The van der Waals surface area contributed by atoms with Crippen LogP contribution in [0.3, 0.4) is 0 Å². The molecule has 0 spiro atoms. The summed E-state index contributed by atoms with van der Waals surface area (Å²) in [6.45, 7) is 4.03. The number of carbonyl (C=O) groups excluding carboxylic acids is 1. The summed E-state index contributed by atoms with van der Waals surface area (Å²) in [5.74, 6) is 0.00162. The number of carbonyl (C=O) groups is 1.